The fourth-order valence-corrected chi connectivity index (χ4v) is 1.83. The summed E-state index contributed by atoms with van der Waals surface area (Å²) < 4.78 is 0. The summed E-state index contributed by atoms with van der Waals surface area (Å²) in [5.41, 5.74) is 5.39. The number of halogens is 1. The maximum absolute atomic E-state index is 5.39. The van der Waals surface area contributed by atoms with Crippen molar-refractivity contribution in [3.63, 3.8) is 0 Å². The molecule has 0 bridgehead atoms. The van der Waals surface area contributed by atoms with Gasteiger partial charge < -0.3 is 5.73 Å². The lowest BCUT2D eigenvalue weighted by Crippen LogP contribution is -1.98. The zero-order valence-corrected chi connectivity index (χ0v) is 8.30. The predicted molar refractivity (Wildman–Crippen MR) is 53.7 cm³/mol. The molecule has 0 aliphatic heterocycles. The summed E-state index contributed by atoms with van der Waals surface area (Å²) in [6, 6.07) is 4.35. The Morgan fingerprint density at radius 2 is 2.18 bits per heavy atom. The molecule has 1 heterocycles. The maximum Gasteiger partial charge on any atom is 0.00485 e. The van der Waals surface area contributed by atoms with E-state index in [4.69, 9.17) is 5.73 Å². The van der Waals surface area contributed by atoms with Gasteiger partial charge in [-0.2, -0.15) is 0 Å². The Labute approximate surface area is 78.0 Å². The molecule has 1 aromatic heterocycles. The Hall–Kier alpha value is -0.0500. The number of aryl methyl sites for hydroxylation is 2. The topological polar surface area (TPSA) is 26.0 Å². The van der Waals surface area contributed by atoms with E-state index in [2.05, 4.69) is 19.1 Å². The summed E-state index contributed by atoms with van der Waals surface area (Å²) in [6.45, 7) is 2.94. The minimum Gasteiger partial charge on any atom is -0.330 e. The van der Waals surface area contributed by atoms with Crippen molar-refractivity contribution in [2.45, 2.75) is 19.8 Å². The largest absolute Gasteiger partial charge is 0.330 e. The Morgan fingerprint density at radius 3 is 2.64 bits per heavy atom. The van der Waals surface area contributed by atoms with Gasteiger partial charge in [-0.25, -0.2) is 0 Å². The van der Waals surface area contributed by atoms with Gasteiger partial charge in [-0.3, -0.25) is 0 Å². The third-order valence-corrected chi connectivity index (χ3v) is 2.48. The van der Waals surface area contributed by atoms with Crippen molar-refractivity contribution < 1.29 is 0 Å². The van der Waals surface area contributed by atoms with Gasteiger partial charge in [-0.1, -0.05) is 0 Å². The Kier molecular flexibility index (Phi) is 5.56. The summed E-state index contributed by atoms with van der Waals surface area (Å²) in [5.74, 6) is 0. The van der Waals surface area contributed by atoms with Crippen LogP contribution in [0.25, 0.3) is 0 Å². The quantitative estimate of drug-likeness (QED) is 0.780. The zero-order chi connectivity index (χ0) is 7.40. The third kappa shape index (κ3) is 3.75. The predicted octanol–water partition coefficient (Wildman–Crippen LogP) is 2.37. The van der Waals surface area contributed by atoms with Crippen LogP contribution < -0.4 is 5.73 Å². The van der Waals surface area contributed by atoms with Crippen molar-refractivity contribution in [1.82, 2.24) is 0 Å². The molecule has 0 aliphatic carbocycles. The van der Waals surface area contributed by atoms with E-state index in [1.165, 1.54) is 9.75 Å². The molecule has 1 aromatic rings. The number of hydrogen-bond donors (Lipinski definition) is 1. The minimum atomic E-state index is 0. The Bertz CT molecular complexity index is 198. The molecule has 0 unspecified atom stereocenters. The first-order valence-electron chi connectivity index (χ1n) is 3.58. The molecule has 2 N–H and O–H groups in total. The second-order valence-electron chi connectivity index (χ2n) is 2.40. The van der Waals surface area contributed by atoms with Crippen molar-refractivity contribution in [3.05, 3.63) is 21.9 Å². The molecule has 0 radical (unpaired) electrons. The molecule has 3 heteroatoms. The fourth-order valence-electron chi connectivity index (χ4n) is 0.896. The highest BCUT2D eigenvalue weighted by Crippen LogP contribution is 2.15. The first kappa shape index (κ1) is 11.0. The van der Waals surface area contributed by atoms with Crippen LogP contribution in [0.3, 0.4) is 0 Å². The lowest BCUT2D eigenvalue weighted by atomic mass is 10.3. The molecule has 1 nitrogen and oxygen atoms in total. The van der Waals surface area contributed by atoms with Crippen LogP contribution in [0, 0.1) is 6.92 Å². The fraction of sp³-hybridized carbons (Fsp3) is 0.500. The molecule has 11 heavy (non-hydrogen) atoms. The first-order valence-corrected chi connectivity index (χ1v) is 4.40. The van der Waals surface area contributed by atoms with Gasteiger partial charge in [0.25, 0.3) is 0 Å². The van der Waals surface area contributed by atoms with Crippen molar-refractivity contribution in [1.29, 1.82) is 0 Å². The first-order chi connectivity index (χ1) is 4.83. The van der Waals surface area contributed by atoms with Crippen molar-refractivity contribution in [2.75, 3.05) is 6.54 Å². The average molecular weight is 192 g/mol. The lowest BCUT2D eigenvalue weighted by molar-refractivity contribution is 0.843. The number of thiophene rings is 1. The number of rotatable bonds is 3. The van der Waals surface area contributed by atoms with Gasteiger partial charge in [0.1, 0.15) is 0 Å². The maximum atomic E-state index is 5.39. The second-order valence-corrected chi connectivity index (χ2v) is 3.78. The molecule has 0 aromatic carbocycles. The van der Waals surface area contributed by atoms with Crippen LogP contribution in [0.2, 0.25) is 0 Å². The highest BCUT2D eigenvalue weighted by molar-refractivity contribution is 7.11. The van der Waals surface area contributed by atoms with E-state index in [9.17, 15) is 0 Å². The van der Waals surface area contributed by atoms with Gasteiger partial charge in [-0.15, -0.1) is 23.7 Å². The van der Waals surface area contributed by atoms with Crippen molar-refractivity contribution in [3.8, 4) is 0 Å². The summed E-state index contributed by atoms with van der Waals surface area (Å²) >= 11 is 1.87. The molecule has 0 fully saturated rings. The molecular weight excluding hydrogens is 178 g/mol. The average Bonchev–Trinajstić information content (AvgIpc) is 2.31. The van der Waals surface area contributed by atoms with Crippen LogP contribution in [0.15, 0.2) is 12.1 Å². The molecule has 1 rings (SSSR count). The van der Waals surface area contributed by atoms with Gasteiger partial charge in [0.2, 0.25) is 0 Å². The Morgan fingerprint density at radius 1 is 1.45 bits per heavy atom. The molecule has 0 amide bonds. The molecule has 0 saturated carbocycles. The monoisotopic (exact) mass is 191 g/mol. The van der Waals surface area contributed by atoms with E-state index >= 15 is 0 Å². The van der Waals surface area contributed by atoms with Gasteiger partial charge >= 0.3 is 0 Å². The van der Waals surface area contributed by atoms with E-state index in [-0.39, 0.29) is 12.4 Å². The standard InChI is InChI=1S/C8H13NS.ClH/c1-7-4-5-8(10-7)3-2-6-9;/h4-5H,2-3,6,9H2,1H3;1H. The number of hydrogen-bond acceptors (Lipinski definition) is 2. The van der Waals surface area contributed by atoms with Crippen LogP contribution >= 0.6 is 23.7 Å². The lowest BCUT2D eigenvalue weighted by Gasteiger charge is -1.91. The second kappa shape index (κ2) is 5.58. The molecular formula is C8H14ClNS. The summed E-state index contributed by atoms with van der Waals surface area (Å²) in [4.78, 5) is 2.86. The smallest absolute Gasteiger partial charge is 0.00485 e. The highest BCUT2D eigenvalue weighted by atomic mass is 35.5. The zero-order valence-electron chi connectivity index (χ0n) is 6.67. The van der Waals surface area contributed by atoms with Crippen LogP contribution in [0.1, 0.15) is 16.2 Å². The van der Waals surface area contributed by atoms with Gasteiger partial charge in [-0.05, 0) is 38.4 Å². The van der Waals surface area contributed by atoms with E-state index in [1.807, 2.05) is 11.3 Å². The van der Waals surface area contributed by atoms with E-state index < -0.39 is 0 Å². The van der Waals surface area contributed by atoms with Crippen molar-refractivity contribution >= 4 is 23.7 Å². The summed E-state index contributed by atoms with van der Waals surface area (Å²) in [6.07, 6.45) is 2.26. The molecule has 0 atom stereocenters. The summed E-state index contributed by atoms with van der Waals surface area (Å²) in [5, 5.41) is 0. The minimum absolute atomic E-state index is 0. The Balaban J connectivity index is 0.000001000. The van der Waals surface area contributed by atoms with Gasteiger partial charge in [0, 0.05) is 9.75 Å². The van der Waals surface area contributed by atoms with Crippen LogP contribution in [0.5, 0.6) is 0 Å². The summed E-state index contributed by atoms with van der Waals surface area (Å²) in [7, 11) is 0. The van der Waals surface area contributed by atoms with Crippen LogP contribution in [-0.4, -0.2) is 6.54 Å². The molecule has 0 spiro atoms. The van der Waals surface area contributed by atoms with Crippen molar-refractivity contribution in [2.24, 2.45) is 5.73 Å². The normalized spacial score (nSPS) is 9.27. The van der Waals surface area contributed by atoms with Crippen LogP contribution in [-0.2, 0) is 6.42 Å². The SMILES string of the molecule is Cc1ccc(CCCN)s1.Cl. The van der Waals surface area contributed by atoms with E-state index in [0.29, 0.717) is 0 Å². The van der Waals surface area contributed by atoms with Gasteiger partial charge in [0.15, 0.2) is 0 Å². The molecule has 0 saturated heterocycles. The van der Waals surface area contributed by atoms with E-state index in [1.54, 1.807) is 0 Å². The molecule has 64 valence electrons. The number of nitrogens with two attached hydrogens (primary N) is 1. The third-order valence-electron chi connectivity index (χ3n) is 1.42. The van der Waals surface area contributed by atoms with Crippen LogP contribution in [0.4, 0.5) is 0 Å². The van der Waals surface area contributed by atoms with E-state index in [0.717, 1.165) is 19.4 Å². The van der Waals surface area contributed by atoms with Gasteiger partial charge in [0.05, 0.1) is 0 Å². The highest BCUT2D eigenvalue weighted by Gasteiger charge is 1.94. The molecule has 0 aliphatic rings.